The van der Waals surface area contributed by atoms with E-state index in [1.54, 1.807) is 18.2 Å². The second-order valence-electron chi connectivity index (χ2n) is 6.83. The van der Waals surface area contributed by atoms with Crippen LogP contribution >= 0.6 is 11.6 Å². The van der Waals surface area contributed by atoms with Crippen LogP contribution in [0.5, 0.6) is 0 Å². The van der Waals surface area contributed by atoms with E-state index in [0.717, 1.165) is 12.1 Å². The fourth-order valence-electron chi connectivity index (χ4n) is 3.52. The minimum absolute atomic E-state index is 0.150. The lowest BCUT2D eigenvalue weighted by Gasteiger charge is -2.32. The van der Waals surface area contributed by atoms with Crippen molar-refractivity contribution in [3.05, 3.63) is 69.7 Å². The molecule has 0 bridgehead atoms. The molecule has 4 rings (SSSR count). The van der Waals surface area contributed by atoms with Gasteiger partial charge >= 0.3 is 0 Å². The highest BCUT2D eigenvalue weighted by Gasteiger charge is 2.31. The zero-order chi connectivity index (χ0) is 20.8. The molecule has 10 heteroatoms. The summed E-state index contributed by atoms with van der Waals surface area (Å²) < 4.78 is 54.7. The van der Waals surface area contributed by atoms with Crippen molar-refractivity contribution in [2.45, 2.75) is 23.8 Å². The third-order valence-electron chi connectivity index (χ3n) is 5.09. The first-order valence-electron chi connectivity index (χ1n) is 8.89. The molecule has 2 aromatic carbocycles. The number of aromatic nitrogens is 2. The predicted octanol–water partition coefficient (Wildman–Crippen LogP) is 3.35. The van der Waals surface area contributed by atoms with Crippen LogP contribution in [0, 0.1) is 11.6 Å². The van der Waals surface area contributed by atoms with E-state index in [2.05, 4.69) is 4.98 Å². The molecule has 3 aromatic rings. The molecule has 0 N–H and O–H groups in total. The Bertz CT molecular complexity index is 1260. The van der Waals surface area contributed by atoms with E-state index in [4.69, 9.17) is 11.6 Å². The van der Waals surface area contributed by atoms with E-state index >= 15 is 0 Å². The fourth-order valence-corrected chi connectivity index (χ4v) is 5.16. The van der Waals surface area contributed by atoms with E-state index in [1.807, 2.05) is 0 Å². The minimum Gasteiger partial charge on any atom is -0.296 e. The number of hydrogen-bond donors (Lipinski definition) is 0. The molecule has 1 aromatic heterocycles. The summed E-state index contributed by atoms with van der Waals surface area (Å²) in [4.78, 5) is 16.8. The van der Waals surface area contributed by atoms with Crippen LogP contribution in [0.2, 0.25) is 5.02 Å². The van der Waals surface area contributed by atoms with Gasteiger partial charge in [-0.1, -0.05) is 11.6 Å². The number of fused-ring (bicyclic) bond motifs is 1. The summed E-state index contributed by atoms with van der Waals surface area (Å²) in [7, 11) is -3.95. The number of rotatable bonds is 3. The van der Waals surface area contributed by atoms with Crippen molar-refractivity contribution < 1.29 is 17.2 Å². The molecule has 29 heavy (non-hydrogen) atoms. The maximum atomic E-state index is 13.4. The molecule has 6 nitrogen and oxygen atoms in total. The van der Waals surface area contributed by atoms with Gasteiger partial charge in [-0.3, -0.25) is 9.36 Å². The Morgan fingerprint density at radius 2 is 1.76 bits per heavy atom. The van der Waals surface area contributed by atoms with Crippen LogP contribution in [0.15, 0.2) is 52.4 Å². The summed E-state index contributed by atoms with van der Waals surface area (Å²) >= 11 is 5.93. The molecule has 1 fully saturated rings. The van der Waals surface area contributed by atoms with Crippen LogP contribution in [0.25, 0.3) is 10.9 Å². The van der Waals surface area contributed by atoms with Gasteiger partial charge in [0.05, 0.1) is 22.1 Å². The number of halogens is 3. The van der Waals surface area contributed by atoms with Crippen LogP contribution in [0.1, 0.15) is 18.9 Å². The lowest BCUT2D eigenvalue weighted by molar-refractivity contribution is 0.269. The number of sulfonamides is 1. The molecule has 0 unspecified atom stereocenters. The van der Waals surface area contributed by atoms with Gasteiger partial charge in [-0.15, -0.1) is 0 Å². The zero-order valence-electron chi connectivity index (χ0n) is 15.1. The molecule has 0 atom stereocenters. The normalized spacial score (nSPS) is 16.4. The van der Waals surface area contributed by atoms with Gasteiger partial charge in [0, 0.05) is 24.2 Å². The van der Waals surface area contributed by atoms with Crippen molar-refractivity contribution in [3.8, 4) is 0 Å². The molecule has 1 saturated heterocycles. The van der Waals surface area contributed by atoms with Crippen LogP contribution in [0.4, 0.5) is 8.78 Å². The average molecular weight is 440 g/mol. The maximum absolute atomic E-state index is 13.4. The molecule has 0 saturated carbocycles. The Balaban J connectivity index is 1.56. The van der Waals surface area contributed by atoms with Gasteiger partial charge in [-0.25, -0.2) is 22.2 Å². The summed E-state index contributed by atoms with van der Waals surface area (Å²) in [6.45, 7) is 0.300. The second-order valence-corrected chi connectivity index (χ2v) is 9.20. The summed E-state index contributed by atoms with van der Waals surface area (Å²) in [6, 6.07) is 7.15. The highest BCUT2D eigenvalue weighted by molar-refractivity contribution is 7.89. The molecule has 0 aliphatic carbocycles. The quantitative estimate of drug-likeness (QED) is 0.627. The third-order valence-corrected chi connectivity index (χ3v) is 7.22. The second kappa shape index (κ2) is 7.47. The summed E-state index contributed by atoms with van der Waals surface area (Å²) in [5.41, 5.74) is 0.283. The molecule has 2 heterocycles. The van der Waals surface area contributed by atoms with Gasteiger partial charge in [0.25, 0.3) is 5.56 Å². The highest BCUT2D eigenvalue weighted by atomic mass is 35.5. The van der Waals surface area contributed by atoms with Gasteiger partial charge in [0.1, 0.15) is 0 Å². The van der Waals surface area contributed by atoms with E-state index in [1.165, 1.54) is 15.2 Å². The first-order valence-corrected chi connectivity index (χ1v) is 10.7. The Labute approximate surface area is 170 Å². The van der Waals surface area contributed by atoms with Gasteiger partial charge < -0.3 is 0 Å². The van der Waals surface area contributed by atoms with Gasteiger partial charge in [-0.05, 0) is 49.2 Å². The molecule has 0 spiro atoms. The Morgan fingerprint density at radius 1 is 1.03 bits per heavy atom. The maximum Gasteiger partial charge on any atom is 0.261 e. The first kappa shape index (κ1) is 19.9. The van der Waals surface area contributed by atoms with Crippen LogP contribution < -0.4 is 5.56 Å². The highest BCUT2D eigenvalue weighted by Crippen LogP contribution is 2.27. The first-order chi connectivity index (χ1) is 13.8. The number of piperidine rings is 1. The molecule has 1 aliphatic rings. The summed E-state index contributed by atoms with van der Waals surface area (Å²) in [6.07, 6.45) is 2.23. The van der Waals surface area contributed by atoms with Crippen molar-refractivity contribution in [3.63, 3.8) is 0 Å². The van der Waals surface area contributed by atoms with Gasteiger partial charge in [0.15, 0.2) is 11.6 Å². The number of nitrogens with zero attached hydrogens (tertiary/aromatic N) is 3. The van der Waals surface area contributed by atoms with Crippen molar-refractivity contribution in [1.82, 2.24) is 13.9 Å². The van der Waals surface area contributed by atoms with Crippen molar-refractivity contribution in [1.29, 1.82) is 0 Å². The molecule has 0 amide bonds. The van der Waals surface area contributed by atoms with E-state index in [-0.39, 0.29) is 29.6 Å². The Kier molecular flexibility index (Phi) is 5.14. The SMILES string of the molecule is O=c1c2ccc(Cl)cc2ncn1C1CCN(S(=O)(=O)c2ccc(F)c(F)c2)CC1. The largest absolute Gasteiger partial charge is 0.296 e. The van der Waals surface area contributed by atoms with Gasteiger partial charge in [0.2, 0.25) is 10.0 Å². The number of benzene rings is 2. The van der Waals surface area contributed by atoms with Crippen molar-refractivity contribution in [2.75, 3.05) is 13.1 Å². The Hall–Kier alpha value is -2.36. The minimum atomic E-state index is -3.95. The molecule has 0 radical (unpaired) electrons. The average Bonchev–Trinajstić information content (AvgIpc) is 2.70. The van der Waals surface area contributed by atoms with Crippen LogP contribution in [-0.4, -0.2) is 35.4 Å². The van der Waals surface area contributed by atoms with Crippen LogP contribution in [-0.2, 0) is 10.0 Å². The van der Waals surface area contributed by atoms with Crippen molar-refractivity contribution >= 4 is 32.5 Å². The van der Waals surface area contributed by atoms with E-state index in [0.29, 0.717) is 34.8 Å². The van der Waals surface area contributed by atoms with Crippen LogP contribution in [0.3, 0.4) is 0 Å². The van der Waals surface area contributed by atoms with E-state index < -0.39 is 21.7 Å². The smallest absolute Gasteiger partial charge is 0.261 e. The zero-order valence-corrected chi connectivity index (χ0v) is 16.6. The lowest BCUT2D eigenvalue weighted by atomic mass is 10.1. The molecule has 1 aliphatic heterocycles. The lowest BCUT2D eigenvalue weighted by Crippen LogP contribution is -2.40. The topological polar surface area (TPSA) is 72.3 Å². The fraction of sp³-hybridized carbons (Fsp3) is 0.263. The predicted molar refractivity (Wildman–Crippen MR) is 104 cm³/mol. The van der Waals surface area contributed by atoms with Gasteiger partial charge in [-0.2, -0.15) is 4.31 Å². The third kappa shape index (κ3) is 3.65. The standard InChI is InChI=1S/C19H16ClF2N3O3S/c20-12-1-3-15-18(9-12)23-11-25(19(15)26)13-5-7-24(8-6-13)29(27,28)14-2-4-16(21)17(22)10-14/h1-4,9-11,13H,5-8H2. The molecular weight excluding hydrogens is 424 g/mol. The monoisotopic (exact) mass is 439 g/mol. The Morgan fingerprint density at radius 3 is 2.45 bits per heavy atom. The molecule has 152 valence electrons. The summed E-state index contributed by atoms with van der Waals surface area (Å²) in [5.74, 6) is -2.32. The summed E-state index contributed by atoms with van der Waals surface area (Å²) in [5, 5.41) is 0.923. The number of hydrogen-bond acceptors (Lipinski definition) is 4. The molecular formula is C19H16ClF2N3O3S. The van der Waals surface area contributed by atoms with E-state index in [9.17, 15) is 22.0 Å². The van der Waals surface area contributed by atoms with Crippen molar-refractivity contribution in [2.24, 2.45) is 0 Å².